The third-order valence-electron chi connectivity index (χ3n) is 6.26. The average molecular weight is 564 g/mol. The minimum absolute atomic E-state index is 0.112. The lowest BCUT2D eigenvalue weighted by Gasteiger charge is -2.31. The van der Waals surface area contributed by atoms with Crippen molar-refractivity contribution in [1.29, 1.82) is 0 Å². The first-order valence-electron chi connectivity index (χ1n) is 11.3. The van der Waals surface area contributed by atoms with Crippen LogP contribution >= 0.6 is 0 Å². The normalized spacial score (nSPS) is 28.6. The molecule has 4 heterocycles. The lowest BCUT2D eigenvalue weighted by atomic mass is 10.0. The number of piperidine rings is 1. The van der Waals surface area contributed by atoms with E-state index in [0.29, 0.717) is 30.6 Å². The van der Waals surface area contributed by atoms with Gasteiger partial charge in [0.25, 0.3) is 5.91 Å². The van der Waals surface area contributed by atoms with Crippen molar-refractivity contribution in [3.05, 3.63) is 0 Å². The fourth-order valence-corrected chi connectivity index (χ4v) is 4.92. The molecule has 0 aromatic rings. The summed E-state index contributed by atoms with van der Waals surface area (Å²) in [6.07, 6.45) is -3.48. The van der Waals surface area contributed by atoms with Gasteiger partial charge in [0.15, 0.2) is 0 Å². The molecule has 4 saturated heterocycles. The standard InChI is InChI=1S/C16H27N5O8S.C2HF3O2/c22-15(14-2-1-12-9-20(14)16(23)21(12)29-30(24,25)26)18-28-10-11-7-13(8-17-11)19-3-5-27-6-4-19;3-2(4,5)1(6)7/h11-14,17H,1-10H2,(H,18,22)(H,24,25,26);(H,6,7)/t11-,12-,13+,14+;/m1./s1. The van der Waals surface area contributed by atoms with E-state index in [4.69, 9.17) is 24.0 Å². The Labute approximate surface area is 209 Å². The van der Waals surface area contributed by atoms with Gasteiger partial charge in [-0.2, -0.15) is 26.7 Å². The number of carboxylic acids is 1. The Bertz CT molecular complexity index is 949. The van der Waals surface area contributed by atoms with Crippen molar-refractivity contribution in [2.24, 2.45) is 0 Å². The first-order chi connectivity index (χ1) is 17.3. The summed E-state index contributed by atoms with van der Waals surface area (Å²) in [6.45, 7) is 4.63. The summed E-state index contributed by atoms with van der Waals surface area (Å²) in [5.41, 5.74) is 2.41. The van der Waals surface area contributed by atoms with Crippen molar-refractivity contribution in [1.82, 2.24) is 25.7 Å². The number of ether oxygens (including phenoxy) is 1. The maximum absolute atomic E-state index is 12.5. The summed E-state index contributed by atoms with van der Waals surface area (Å²) in [7, 11) is -4.82. The molecule has 4 aliphatic heterocycles. The molecule has 0 aromatic carbocycles. The van der Waals surface area contributed by atoms with E-state index in [-0.39, 0.29) is 12.6 Å². The van der Waals surface area contributed by atoms with Crippen molar-refractivity contribution in [3.63, 3.8) is 0 Å². The van der Waals surface area contributed by atoms with Crippen molar-refractivity contribution in [3.8, 4) is 0 Å². The highest BCUT2D eigenvalue weighted by Crippen LogP contribution is 2.30. The predicted molar refractivity (Wildman–Crippen MR) is 114 cm³/mol. The summed E-state index contributed by atoms with van der Waals surface area (Å²) in [4.78, 5) is 42.8. The molecule has 2 bridgehead atoms. The van der Waals surface area contributed by atoms with Crippen molar-refractivity contribution in [2.75, 3.05) is 46.0 Å². The number of hydroxylamine groups is 3. The van der Waals surface area contributed by atoms with Crippen LogP contribution in [0.5, 0.6) is 0 Å². The van der Waals surface area contributed by atoms with Crippen LogP contribution in [0.2, 0.25) is 0 Å². The predicted octanol–water partition coefficient (Wildman–Crippen LogP) is -1.27. The van der Waals surface area contributed by atoms with Gasteiger partial charge in [-0.3, -0.25) is 19.1 Å². The number of carbonyl (C=O) groups excluding carboxylic acids is 2. The molecule has 4 N–H and O–H groups in total. The maximum Gasteiger partial charge on any atom is 0.490 e. The van der Waals surface area contributed by atoms with Gasteiger partial charge in [-0.25, -0.2) is 15.1 Å². The Kier molecular flexibility index (Phi) is 9.53. The zero-order chi connectivity index (χ0) is 27.4. The first kappa shape index (κ1) is 29.3. The number of hydrogen-bond donors (Lipinski definition) is 4. The van der Waals surface area contributed by atoms with Crippen molar-refractivity contribution < 1.29 is 59.5 Å². The number of carboxylic acid groups (broad SMARTS) is 1. The van der Waals surface area contributed by atoms with Gasteiger partial charge in [0.05, 0.1) is 25.9 Å². The second-order valence-electron chi connectivity index (χ2n) is 8.73. The summed E-state index contributed by atoms with van der Waals surface area (Å²) in [6, 6.07) is -1.57. The number of amides is 3. The number of nitrogens with one attached hydrogen (secondary N) is 2. The highest BCUT2D eigenvalue weighted by atomic mass is 32.3. The Morgan fingerprint density at radius 2 is 1.84 bits per heavy atom. The fraction of sp³-hybridized carbons (Fsp3) is 0.833. The average Bonchev–Trinajstić information content (AvgIpc) is 3.38. The Morgan fingerprint density at radius 3 is 2.43 bits per heavy atom. The third kappa shape index (κ3) is 8.09. The Hall–Kier alpha value is -2.29. The van der Waals surface area contributed by atoms with Crippen molar-refractivity contribution >= 4 is 28.3 Å². The molecule has 4 aliphatic rings. The second-order valence-corrected chi connectivity index (χ2v) is 9.74. The van der Waals surface area contributed by atoms with Gasteiger partial charge in [0.1, 0.15) is 6.04 Å². The van der Waals surface area contributed by atoms with Crippen LogP contribution in [0.1, 0.15) is 19.3 Å². The molecule has 0 aromatic heterocycles. The van der Waals surface area contributed by atoms with Crippen LogP contribution in [-0.4, -0.2) is 127 Å². The van der Waals surface area contributed by atoms with E-state index >= 15 is 0 Å². The summed E-state index contributed by atoms with van der Waals surface area (Å²) >= 11 is 0. The monoisotopic (exact) mass is 563 g/mol. The molecule has 0 radical (unpaired) electrons. The van der Waals surface area contributed by atoms with E-state index in [1.54, 1.807) is 0 Å². The fourth-order valence-electron chi connectivity index (χ4n) is 4.53. The topological polar surface area (TPSA) is 187 Å². The van der Waals surface area contributed by atoms with Crippen LogP contribution in [0.4, 0.5) is 18.0 Å². The summed E-state index contributed by atoms with van der Waals surface area (Å²) < 4.78 is 72.2. The van der Waals surface area contributed by atoms with Gasteiger partial charge in [0, 0.05) is 38.3 Å². The van der Waals surface area contributed by atoms with E-state index in [1.165, 1.54) is 4.90 Å². The van der Waals surface area contributed by atoms with Crippen LogP contribution < -0.4 is 10.8 Å². The minimum atomic E-state index is -5.08. The lowest BCUT2D eigenvalue weighted by molar-refractivity contribution is -0.192. The quantitative estimate of drug-likeness (QED) is 0.213. The number of morpholine rings is 1. The highest BCUT2D eigenvalue weighted by Gasteiger charge is 2.49. The van der Waals surface area contributed by atoms with E-state index < -0.39 is 46.6 Å². The molecular weight excluding hydrogens is 535 g/mol. The molecular formula is C18H28F3N5O10S. The molecule has 4 fully saturated rings. The molecule has 4 atom stereocenters. The molecule has 0 spiro atoms. The summed E-state index contributed by atoms with van der Waals surface area (Å²) in [5.74, 6) is -3.23. The molecule has 15 nitrogen and oxygen atoms in total. The smallest absolute Gasteiger partial charge is 0.475 e. The largest absolute Gasteiger partial charge is 0.490 e. The number of fused-ring (bicyclic) bond motifs is 2. The number of urea groups is 1. The Balaban J connectivity index is 0.000000479. The van der Waals surface area contributed by atoms with Gasteiger partial charge in [-0.15, -0.1) is 4.28 Å². The molecule has 19 heteroatoms. The van der Waals surface area contributed by atoms with Crippen LogP contribution in [0, 0.1) is 0 Å². The zero-order valence-corrected chi connectivity index (χ0v) is 20.2. The lowest BCUT2D eigenvalue weighted by Crippen LogP contribution is -2.50. The van der Waals surface area contributed by atoms with E-state index in [1.807, 2.05) is 0 Å². The van der Waals surface area contributed by atoms with Crippen LogP contribution in [0.25, 0.3) is 0 Å². The van der Waals surface area contributed by atoms with Gasteiger partial charge >= 0.3 is 28.6 Å². The molecule has 3 amide bonds. The van der Waals surface area contributed by atoms with Gasteiger partial charge in [-0.05, 0) is 19.3 Å². The minimum Gasteiger partial charge on any atom is -0.475 e. The summed E-state index contributed by atoms with van der Waals surface area (Å²) in [5, 5.41) is 11.1. The van der Waals surface area contributed by atoms with Gasteiger partial charge < -0.3 is 20.1 Å². The van der Waals surface area contributed by atoms with Crippen LogP contribution in [0.15, 0.2) is 0 Å². The van der Waals surface area contributed by atoms with E-state index in [9.17, 15) is 31.2 Å². The van der Waals surface area contributed by atoms with E-state index in [2.05, 4.69) is 20.0 Å². The zero-order valence-electron chi connectivity index (χ0n) is 19.4. The highest BCUT2D eigenvalue weighted by molar-refractivity contribution is 7.80. The number of nitrogens with zero attached hydrogens (tertiary/aromatic N) is 3. The first-order valence-corrected chi connectivity index (χ1v) is 12.7. The van der Waals surface area contributed by atoms with Gasteiger partial charge in [-0.1, -0.05) is 0 Å². The maximum atomic E-state index is 12.5. The van der Waals surface area contributed by atoms with Crippen LogP contribution in [0.3, 0.4) is 0 Å². The second kappa shape index (κ2) is 12.0. The molecule has 212 valence electrons. The van der Waals surface area contributed by atoms with E-state index in [0.717, 1.165) is 39.3 Å². The number of hydrogen-bond acceptors (Lipinski definition) is 10. The van der Waals surface area contributed by atoms with Gasteiger partial charge in [0.2, 0.25) is 0 Å². The third-order valence-corrected chi connectivity index (χ3v) is 6.61. The number of alkyl halides is 3. The SMILES string of the molecule is O=C(NOC[C@H]1C[C@H](N2CCOCC2)CN1)[C@@H]1CC[C@@H]2CN1C(=O)N2OS(=O)(=O)O.O=C(O)C(F)(F)F. The Morgan fingerprint density at radius 1 is 1.19 bits per heavy atom. The number of halogens is 3. The number of rotatable bonds is 7. The number of carbonyl (C=O) groups is 3. The molecule has 37 heavy (non-hydrogen) atoms. The molecule has 4 rings (SSSR count). The molecule has 0 aliphatic carbocycles. The molecule has 0 unspecified atom stereocenters. The van der Waals surface area contributed by atoms with Crippen molar-refractivity contribution in [2.45, 2.75) is 49.6 Å². The molecule has 0 saturated carbocycles. The number of aliphatic carboxylic acids is 1. The van der Waals surface area contributed by atoms with Crippen LogP contribution in [-0.2, 0) is 33.8 Å².